The van der Waals surface area contributed by atoms with E-state index >= 15 is 0 Å². The molecule has 0 aliphatic rings. The first-order chi connectivity index (χ1) is 9.99. The van der Waals surface area contributed by atoms with Crippen molar-refractivity contribution in [2.75, 3.05) is 13.2 Å². The Kier molecular flexibility index (Phi) is 5.22. The van der Waals surface area contributed by atoms with Crippen molar-refractivity contribution in [3.63, 3.8) is 0 Å². The third-order valence-corrected chi connectivity index (χ3v) is 4.36. The molecule has 0 atom stereocenters. The monoisotopic (exact) mass is 326 g/mol. The normalized spacial score (nSPS) is 11.3. The van der Waals surface area contributed by atoms with Crippen LogP contribution in [0, 0.1) is 6.92 Å². The summed E-state index contributed by atoms with van der Waals surface area (Å²) in [6.45, 7) is 1.89. The number of rotatable bonds is 6. The first-order valence-corrected chi connectivity index (χ1v) is 8.11. The number of halogens is 1. The number of ether oxygens (including phenoxy) is 1. The fraction of sp³-hybridized carbons (Fsp3) is 0.200. The number of benzene rings is 2. The van der Waals surface area contributed by atoms with E-state index in [9.17, 15) is 8.42 Å². The van der Waals surface area contributed by atoms with Crippen LogP contribution in [0.1, 0.15) is 5.56 Å². The molecule has 112 valence electrons. The van der Waals surface area contributed by atoms with E-state index in [1.54, 1.807) is 36.4 Å². The summed E-state index contributed by atoms with van der Waals surface area (Å²) in [5, 5.41) is 0.471. The van der Waals surface area contributed by atoms with E-state index in [0.717, 1.165) is 5.56 Å². The second kappa shape index (κ2) is 6.93. The second-order valence-electron chi connectivity index (χ2n) is 4.37. The lowest BCUT2D eigenvalue weighted by Crippen LogP contribution is -2.13. The van der Waals surface area contributed by atoms with Crippen molar-refractivity contribution in [1.29, 1.82) is 0 Å². The summed E-state index contributed by atoms with van der Waals surface area (Å²) in [5.74, 6) is 0.496. The van der Waals surface area contributed by atoms with Gasteiger partial charge in [0.05, 0.1) is 9.92 Å². The topological polar surface area (TPSA) is 52.6 Å². The van der Waals surface area contributed by atoms with E-state index in [1.165, 1.54) is 12.1 Å². The molecule has 0 N–H and O–H groups in total. The summed E-state index contributed by atoms with van der Waals surface area (Å²) in [4.78, 5) is 0.130. The van der Waals surface area contributed by atoms with E-state index in [0.29, 0.717) is 10.8 Å². The lowest BCUT2D eigenvalue weighted by Gasteiger charge is -2.09. The van der Waals surface area contributed by atoms with Crippen LogP contribution < -0.4 is 4.74 Å². The Hall–Kier alpha value is -1.56. The smallest absolute Gasteiger partial charge is 0.297 e. The molecule has 0 aliphatic heterocycles. The van der Waals surface area contributed by atoms with Gasteiger partial charge in [-0.2, -0.15) is 8.42 Å². The number of para-hydroxylation sites is 1. The largest absolute Gasteiger partial charge is 0.490 e. The summed E-state index contributed by atoms with van der Waals surface area (Å²) in [6.07, 6.45) is 0. The van der Waals surface area contributed by atoms with Gasteiger partial charge in [0.1, 0.15) is 19.0 Å². The molecule has 4 nitrogen and oxygen atoms in total. The fourth-order valence-electron chi connectivity index (χ4n) is 1.63. The van der Waals surface area contributed by atoms with Crippen LogP contribution >= 0.6 is 11.6 Å². The third-order valence-electron chi connectivity index (χ3n) is 2.73. The van der Waals surface area contributed by atoms with Gasteiger partial charge in [-0.05, 0) is 31.2 Å². The highest BCUT2D eigenvalue weighted by atomic mass is 35.5. The van der Waals surface area contributed by atoms with Crippen molar-refractivity contribution in [3.05, 3.63) is 59.1 Å². The van der Waals surface area contributed by atoms with Gasteiger partial charge in [-0.1, -0.05) is 41.4 Å². The molecule has 21 heavy (non-hydrogen) atoms. The molecule has 2 aromatic carbocycles. The van der Waals surface area contributed by atoms with Gasteiger partial charge in [-0.25, -0.2) is 0 Å². The molecule has 6 heteroatoms. The van der Waals surface area contributed by atoms with E-state index in [4.69, 9.17) is 20.5 Å². The summed E-state index contributed by atoms with van der Waals surface area (Å²) in [5.41, 5.74) is 0.982. The van der Waals surface area contributed by atoms with Crippen LogP contribution in [0.3, 0.4) is 0 Å². The minimum absolute atomic E-state index is 0.0819. The van der Waals surface area contributed by atoms with E-state index < -0.39 is 10.1 Å². The number of hydrogen-bond donors (Lipinski definition) is 0. The average Bonchev–Trinajstić information content (AvgIpc) is 2.46. The molecule has 0 spiro atoms. The summed E-state index contributed by atoms with van der Waals surface area (Å²) >= 11 is 5.92. The van der Waals surface area contributed by atoms with Gasteiger partial charge >= 0.3 is 0 Å². The van der Waals surface area contributed by atoms with Crippen LogP contribution in [0.25, 0.3) is 0 Å². The Morgan fingerprint density at radius 1 is 1.00 bits per heavy atom. The van der Waals surface area contributed by atoms with Crippen LogP contribution in [0.15, 0.2) is 53.4 Å². The predicted molar refractivity (Wildman–Crippen MR) is 81.3 cm³/mol. The molecule has 0 unspecified atom stereocenters. The highest BCUT2D eigenvalue weighted by molar-refractivity contribution is 7.86. The first kappa shape index (κ1) is 15.8. The van der Waals surface area contributed by atoms with E-state index in [1.807, 2.05) is 6.92 Å². The Balaban J connectivity index is 1.88. The van der Waals surface area contributed by atoms with Gasteiger partial charge in [-0.15, -0.1) is 0 Å². The van der Waals surface area contributed by atoms with E-state index in [2.05, 4.69) is 0 Å². The molecule has 2 rings (SSSR count). The molecule has 0 aliphatic carbocycles. The standard InChI is InChI=1S/C15H15ClO4S/c1-12-6-8-13(9-7-12)21(17,18)20-11-10-19-15-5-3-2-4-14(15)16/h2-9H,10-11H2,1H3. The molecule has 0 aromatic heterocycles. The molecule has 0 amide bonds. The van der Waals surface area contributed by atoms with Gasteiger partial charge in [0.25, 0.3) is 10.1 Å². The van der Waals surface area contributed by atoms with Crippen molar-refractivity contribution in [1.82, 2.24) is 0 Å². The molecule has 0 bridgehead atoms. The Morgan fingerprint density at radius 3 is 2.33 bits per heavy atom. The van der Waals surface area contributed by atoms with Crippen LogP contribution in [-0.4, -0.2) is 21.6 Å². The van der Waals surface area contributed by atoms with Gasteiger partial charge < -0.3 is 4.74 Å². The number of hydrogen-bond acceptors (Lipinski definition) is 4. The van der Waals surface area contributed by atoms with Gasteiger partial charge in [0.2, 0.25) is 0 Å². The Labute approximate surface area is 129 Å². The molecular formula is C15H15ClO4S. The van der Waals surface area contributed by atoms with Gasteiger partial charge in [0, 0.05) is 0 Å². The fourth-order valence-corrected chi connectivity index (χ4v) is 2.71. The van der Waals surface area contributed by atoms with Crippen molar-refractivity contribution in [3.8, 4) is 5.75 Å². The minimum Gasteiger partial charge on any atom is -0.490 e. The lowest BCUT2D eigenvalue weighted by molar-refractivity contribution is 0.221. The zero-order valence-electron chi connectivity index (χ0n) is 11.5. The minimum atomic E-state index is -3.75. The van der Waals surface area contributed by atoms with Crippen LogP contribution in [0.4, 0.5) is 0 Å². The quantitative estimate of drug-likeness (QED) is 0.603. The summed E-state index contributed by atoms with van der Waals surface area (Å²) in [7, 11) is -3.75. The highest BCUT2D eigenvalue weighted by Gasteiger charge is 2.14. The van der Waals surface area contributed by atoms with Crippen LogP contribution in [0.5, 0.6) is 5.75 Å². The molecule has 0 saturated heterocycles. The van der Waals surface area contributed by atoms with Crippen molar-refractivity contribution in [2.45, 2.75) is 11.8 Å². The predicted octanol–water partition coefficient (Wildman–Crippen LogP) is 3.43. The second-order valence-corrected chi connectivity index (χ2v) is 6.39. The Morgan fingerprint density at radius 2 is 1.67 bits per heavy atom. The van der Waals surface area contributed by atoms with Crippen molar-refractivity contribution < 1.29 is 17.3 Å². The van der Waals surface area contributed by atoms with Crippen LogP contribution in [-0.2, 0) is 14.3 Å². The Bertz CT molecular complexity index is 696. The lowest BCUT2D eigenvalue weighted by atomic mass is 10.2. The number of aryl methyl sites for hydroxylation is 1. The van der Waals surface area contributed by atoms with Gasteiger partial charge in [-0.3, -0.25) is 4.18 Å². The van der Waals surface area contributed by atoms with Crippen LogP contribution in [0.2, 0.25) is 5.02 Å². The maximum Gasteiger partial charge on any atom is 0.297 e. The zero-order valence-corrected chi connectivity index (χ0v) is 13.0. The maximum absolute atomic E-state index is 11.9. The third kappa shape index (κ3) is 4.46. The van der Waals surface area contributed by atoms with Gasteiger partial charge in [0.15, 0.2) is 0 Å². The summed E-state index contributed by atoms with van der Waals surface area (Å²) in [6, 6.07) is 13.4. The SMILES string of the molecule is Cc1ccc(S(=O)(=O)OCCOc2ccccc2Cl)cc1. The van der Waals surface area contributed by atoms with E-state index in [-0.39, 0.29) is 18.1 Å². The van der Waals surface area contributed by atoms with Crippen molar-refractivity contribution >= 4 is 21.7 Å². The van der Waals surface area contributed by atoms with Crippen molar-refractivity contribution in [2.24, 2.45) is 0 Å². The maximum atomic E-state index is 11.9. The molecule has 0 fully saturated rings. The summed E-state index contributed by atoms with van der Waals surface area (Å²) < 4.78 is 34.1. The highest BCUT2D eigenvalue weighted by Crippen LogP contribution is 2.23. The molecule has 0 heterocycles. The zero-order chi connectivity index (χ0) is 15.3. The molecule has 0 saturated carbocycles. The first-order valence-electron chi connectivity index (χ1n) is 6.32. The molecule has 0 radical (unpaired) electrons. The molecular weight excluding hydrogens is 312 g/mol. The molecule has 2 aromatic rings. The average molecular weight is 327 g/mol.